The number of benzene rings is 1. The highest BCUT2D eigenvalue weighted by Crippen LogP contribution is 2.32. The van der Waals surface area contributed by atoms with Crippen molar-refractivity contribution in [3.63, 3.8) is 0 Å². The molecule has 0 aromatic heterocycles. The molecule has 2 heterocycles. The monoisotopic (exact) mass is 282 g/mol. The highest BCUT2D eigenvalue weighted by atomic mass is 32.2. The van der Waals surface area contributed by atoms with E-state index in [-0.39, 0.29) is 6.04 Å². The van der Waals surface area contributed by atoms with E-state index in [9.17, 15) is 8.42 Å². The van der Waals surface area contributed by atoms with Crippen LogP contribution in [0.5, 0.6) is 5.75 Å². The van der Waals surface area contributed by atoms with Gasteiger partial charge in [-0.25, -0.2) is 0 Å². The third kappa shape index (κ3) is 2.61. The molecule has 2 aliphatic rings. The van der Waals surface area contributed by atoms with Gasteiger partial charge in [0, 0.05) is 18.7 Å². The molecule has 0 spiro atoms. The van der Waals surface area contributed by atoms with Gasteiger partial charge in [-0.2, -0.15) is 17.4 Å². The third-order valence-corrected chi connectivity index (χ3v) is 5.27. The van der Waals surface area contributed by atoms with Gasteiger partial charge >= 0.3 is 0 Å². The number of rotatable bonds is 3. The Hall–Kier alpha value is -1.11. The number of nitrogens with one attached hydrogen (secondary N) is 1. The first-order valence-corrected chi connectivity index (χ1v) is 8.10. The van der Waals surface area contributed by atoms with E-state index in [4.69, 9.17) is 4.74 Å². The van der Waals surface area contributed by atoms with Crippen LogP contribution in [0, 0.1) is 0 Å². The molecule has 1 N–H and O–H groups in total. The van der Waals surface area contributed by atoms with Crippen molar-refractivity contribution >= 4 is 10.2 Å². The maximum atomic E-state index is 12.3. The van der Waals surface area contributed by atoms with Crippen molar-refractivity contribution in [1.82, 2.24) is 9.03 Å². The molecule has 0 radical (unpaired) electrons. The molecule has 0 bridgehead atoms. The number of ether oxygens (including phenoxy) is 1. The van der Waals surface area contributed by atoms with E-state index in [2.05, 4.69) is 4.72 Å². The van der Waals surface area contributed by atoms with E-state index in [1.165, 1.54) is 4.31 Å². The first-order valence-electron chi connectivity index (χ1n) is 6.66. The van der Waals surface area contributed by atoms with E-state index in [0.29, 0.717) is 19.7 Å². The van der Waals surface area contributed by atoms with Crippen molar-refractivity contribution in [2.75, 3.05) is 19.7 Å². The summed E-state index contributed by atoms with van der Waals surface area (Å²) in [5, 5.41) is 0. The summed E-state index contributed by atoms with van der Waals surface area (Å²) in [5.74, 6) is 0.772. The molecular weight excluding hydrogens is 264 g/mol. The molecule has 1 aromatic rings. The van der Waals surface area contributed by atoms with Gasteiger partial charge in [0.15, 0.2) is 0 Å². The molecular formula is C13H18N2O3S. The van der Waals surface area contributed by atoms with Crippen LogP contribution < -0.4 is 9.46 Å². The van der Waals surface area contributed by atoms with Crippen LogP contribution in [0.25, 0.3) is 0 Å². The lowest BCUT2D eigenvalue weighted by molar-refractivity contribution is 0.311. The molecule has 104 valence electrons. The molecule has 6 heteroatoms. The van der Waals surface area contributed by atoms with Gasteiger partial charge in [0.05, 0.1) is 6.04 Å². The van der Waals surface area contributed by atoms with Gasteiger partial charge in [0.25, 0.3) is 10.2 Å². The summed E-state index contributed by atoms with van der Waals surface area (Å²) in [6.45, 7) is 1.60. The summed E-state index contributed by atoms with van der Waals surface area (Å²) in [7, 11) is -3.41. The van der Waals surface area contributed by atoms with Gasteiger partial charge in [-0.15, -0.1) is 0 Å². The predicted molar refractivity (Wildman–Crippen MR) is 72.2 cm³/mol. The minimum absolute atomic E-state index is 0.275. The van der Waals surface area contributed by atoms with Gasteiger partial charge in [-0.3, -0.25) is 0 Å². The molecule has 0 aliphatic carbocycles. The van der Waals surface area contributed by atoms with Crippen LogP contribution in [0.2, 0.25) is 0 Å². The van der Waals surface area contributed by atoms with Gasteiger partial charge in [-0.1, -0.05) is 24.6 Å². The highest BCUT2D eigenvalue weighted by Gasteiger charge is 2.31. The Morgan fingerprint density at radius 3 is 2.68 bits per heavy atom. The van der Waals surface area contributed by atoms with Crippen molar-refractivity contribution in [2.24, 2.45) is 0 Å². The molecule has 1 saturated heterocycles. The van der Waals surface area contributed by atoms with Crippen LogP contribution >= 0.6 is 0 Å². The van der Waals surface area contributed by atoms with Crippen molar-refractivity contribution in [3.8, 4) is 5.75 Å². The Balaban J connectivity index is 1.75. The Kier molecular flexibility index (Phi) is 3.47. The second kappa shape index (κ2) is 5.11. The summed E-state index contributed by atoms with van der Waals surface area (Å²) >= 11 is 0. The largest absolute Gasteiger partial charge is 0.491 e. The molecule has 0 unspecified atom stereocenters. The van der Waals surface area contributed by atoms with Gasteiger partial charge in [0.2, 0.25) is 0 Å². The number of para-hydroxylation sites is 1. The van der Waals surface area contributed by atoms with Gasteiger partial charge in [0.1, 0.15) is 12.4 Å². The third-order valence-electron chi connectivity index (χ3n) is 3.65. The van der Waals surface area contributed by atoms with Crippen molar-refractivity contribution in [2.45, 2.75) is 25.3 Å². The Labute approximate surface area is 113 Å². The molecule has 2 aliphatic heterocycles. The van der Waals surface area contributed by atoms with Crippen LogP contribution in [0.3, 0.4) is 0 Å². The van der Waals surface area contributed by atoms with Crippen molar-refractivity contribution < 1.29 is 13.2 Å². The molecule has 1 atom stereocenters. The summed E-state index contributed by atoms with van der Waals surface area (Å²) in [6, 6.07) is 7.29. The van der Waals surface area contributed by atoms with E-state index < -0.39 is 10.2 Å². The Bertz CT molecular complexity index is 553. The highest BCUT2D eigenvalue weighted by molar-refractivity contribution is 7.87. The standard InChI is InChI=1S/C13H18N2O3S/c16-19(17,15-8-4-1-5-9-15)14-12-10-18-13-7-3-2-6-11(12)13/h2-3,6-7,12,14H,1,4-5,8-10H2/t12-/m1/s1. The summed E-state index contributed by atoms with van der Waals surface area (Å²) in [4.78, 5) is 0. The summed E-state index contributed by atoms with van der Waals surface area (Å²) < 4.78 is 34.4. The molecule has 0 amide bonds. The number of hydrogen-bond acceptors (Lipinski definition) is 3. The molecule has 1 fully saturated rings. The average Bonchev–Trinajstić information content (AvgIpc) is 2.83. The first kappa shape index (κ1) is 12.9. The minimum Gasteiger partial charge on any atom is -0.491 e. The maximum absolute atomic E-state index is 12.3. The zero-order valence-electron chi connectivity index (χ0n) is 10.7. The fraction of sp³-hybridized carbons (Fsp3) is 0.538. The molecule has 1 aromatic carbocycles. The average molecular weight is 282 g/mol. The minimum atomic E-state index is -3.41. The van der Waals surface area contributed by atoms with E-state index in [1.807, 2.05) is 24.3 Å². The second-order valence-electron chi connectivity index (χ2n) is 4.98. The van der Waals surface area contributed by atoms with Crippen molar-refractivity contribution in [3.05, 3.63) is 29.8 Å². The number of hydrogen-bond donors (Lipinski definition) is 1. The summed E-state index contributed by atoms with van der Waals surface area (Å²) in [5.41, 5.74) is 0.920. The van der Waals surface area contributed by atoms with Crippen LogP contribution in [0.15, 0.2) is 24.3 Å². The Morgan fingerprint density at radius 1 is 1.16 bits per heavy atom. The molecule has 5 nitrogen and oxygen atoms in total. The number of piperidine rings is 1. The van der Waals surface area contributed by atoms with E-state index in [1.54, 1.807) is 0 Å². The molecule has 0 saturated carbocycles. The quantitative estimate of drug-likeness (QED) is 0.912. The lowest BCUT2D eigenvalue weighted by Gasteiger charge is -2.27. The first-order chi connectivity index (χ1) is 9.17. The van der Waals surface area contributed by atoms with Crippen LogP contribution in [-0.4, -0.2) is 32.4 Å². The van der Waals surface area contributed by atoms with Gasteiger partial charge < -0.3 is 4.74 Å². The zero-order chi connectivity index (χ0) is 13.3. The Morgan fingerprint density at radius 2 is 1.89 bits per heavy atom. The zero-order valence-corrected chi connectivity index (χ0v) is 11.5. The molecule has 3 rings (SSSR count). The normalized spacial score (nSPS) is 23.9. The molecule has 19 heavy (non-hydrogen) atoms. The SMILES string of the molecule is O=S(=O)(N[C@@H]1COc2ccccc21)N1CCCCC1. The lowest BCUT2D eigenvalue weighted by atomic mass is 10.1. The van der Waals surface area contributed by atoms with Crippen molar-refractivity contribution in [1.29, 1.82) is 0 Å². The van der Waals surface area contributed by atoms with E-state index >= 15 is 0 Å². The smallest absolute Gasteiger partial charge is 0.280 e. The van der Waals surface area contributed by atoms with E-state index in [0.717, 1.165) is 30.6 Å². The maximum Gasteiger partial charge on any atom is 0.280 e. The topological polar surface area (TPSA) is 58.6 Å². The van der Waals surface area contributed by atoms with Gasteiger partial charge in [-0.05, 0) is 18.9 Å². The van der Waals surface area contributed by atoms with Crippen LogP contribution in [0.1, 0.15) is 30.9 Å². The lowest BCUT2D eigenvalue weighted by Crippen LogP contribution is -2.45. The fourth-order valence-electron chi connectivity index (χ4n) is 2.62. The van der Waals surface area contributed by atoms with Crippen LogP contribution in [0.4, 0.5) is 0 Å². The predicted octanol–water partition coefficient (Wildman–Crippen LogP) is 1.44. The number of nitrogens with zero attached hydrogens (tertiary/aromatic N) is 1. The second-order valence-corrected chi connectivity index (χ2v) is 6.69. The fourth-order valence-corrected chi connectivity index (χ4v) is 4.06. The summed E-state index contributed by atoms with van der Waals surface area (Å²) in [6.07, 6.45) is 3.00. The number of fused-ring (bicyclic) bond motifs is 1. The van der Waals surface area contributed by atoms with Crippen LogP contribution in [-0.2, 0) is 10.2 Å².